The van der Waals surface area contributed by atoms with Crippen molar-refractivity contribution in [3.8, 4) is 17.0 Å². The molecule has 6 aromatic rings. The molecule has 43 heavy (non-hydrogen) atoms. The van der Waals surface area contributed by atoms with Crippen LogP contribution in [-0.4, -0.2) is 17.1 Å². The van der Waals surface area contributed by atoms with Crippen LogP contribution in [0.5, 0.6) is 5.75 Å². The van der Waals surface area contributed by atoms with E-state index in [-0.39, 0.29) is 5.91 Å². The summed E-state index contributed by atoms with van der Waals surface area (Å²) in [6.45, 7) is 2.46. The Labute approximate surface area is 258 Å². The van der Waals surface area contributed by atoms with Crippen molar-refractivity contribution in [1.82, 2.24) is 10.4 Å². The van der Waals surface area contributed by atoms with E-state index in [0.717, 1.165) is 33.2 Å². The average molecular weight is 603 g/mol. The van der Waals surface area contributed by atoms with Crippen molar-refractivity contribution in [3.63, 3.8) is 0 Å². The number of ether oxygens (including phenoxy) is 1. The van der Waals surface area contributed by atoms with Gasteiger partial charge in [-0.25, -0.2) is 10.4 Å². The van der Waals surface area contributed by atoms with Gasteiger partial charge in [-0.1, -0.05) is 77.8 Å². The first-order valence-electron chi connectivity index (χ1n) is 13.6. The van der Waals surface area contributed by atoms with E-state index >= 15 is 0 Å². The minimum atomic E-state index is -0.316. The third-order valence-electron chi connectivity index (χ3n) is 6.79. The lowest BCUT2D eigenvalue weighted by Crippen LogP contribution is -2.17. The van der Waals surface area contributed by atoms with Crippen molar-refractivity contribution in [2.75, 3.05) is 5.32 Å². The molecule has 0 unspecified atom stereocenters. The zero-order valence-electron chi connectivity index (χ0n) is 23.3. The molecule has 5 aromatic carbocycles. The number of hydrogen-bond acceptors (Lipinski definition) is 6. The lowest BCUT2D eigenvalue weighted by molar-refractivity contribution is 0.0955. The summed E-state index contributed by atoms with van der Waals surface area (Å²) < 4.78 is 5.95. The van der Waals surface area contributed by atoms with Gasteiger partial charge in [0.25, 0.3) is 5.91 Å². The van der Waals surface area contributed by atoms with Crippen LogP contribution in [0.1, 0.15) is 27.0 Å². The SMILES string of the molecule is Cc1ccc(Nc2nc(-c3ccc(C(=O)N/N=C\c4ccc(OCc5ccc6ccccc6c5)c(Cl)c4)cc3)cs2)cc1. The highest BCUT2D eigenvalue weighted by Crippen LogP contribution is 2.28. The molecule has 1 aromatic heterocycles. The Morgan fingerprint density at radius 2 is 1.72 bits per heavy atom. The highest BCUT2D eigenvalue weighted by atomic mass is 35.5. The molecular formula is C35H27ClN4O2S. The molecule has 0 atom stereocenters. The van der Waals surface area contributed by atoms with Crippen LogP contribution in [0.2, 0.25) is 5.02 Å². The van der Waals surface area contributed by atoms with Gasteiger partial charge in [0.15, 0.2) is 5.13 Å². The Hall–Kier alpha value is -4.98. The van der Waals surface area contributed by atoms with Gasteiger partial charge in [0.1, 0.15) is 12.4 Å². The standard InChI is InChI=1S/C35H27ClN4O2S/c1-23-6-15-30(16-7-23)38-35-39-32(22-43-35)27-11-13-28(14-12-27)34(41)40-37-20-24-9-17-33(31(36)19-24)42-21-25-8-10-26-4-2-3-5-29(26)18-25/h2-20,22H,21H2,1H3,(H,38,39)(H,40,41)/b37-20-. The van der Waals surface area contributed by atoms with Crippen LogP contribution < -0.4 is 15.5 Å². The maximum absolute atomic E-state index is 12.6. The van der Waals surface area contributed by atoms with Gasteiger partial charge in [0.2, 0.25) is 0 Å². The maximum atomic E-state index is 12.6. The van der Waals surface area contributed by atoms with Crippen LogP contribution in [0, 0.1) is 6.92 Å². The van der Waals surface area contributed by atoms with Crippen molar-refractivity contribution in [2.24, 2.45) is 5.10 Å². The summed E-state index contributed by atoms with van der Waals surface area (Å²) >= 11 is 7.99. The highest BCUT2D eigenvalue weighted by molar-refractivity contribution is 7.14. The van der Waals surface area contributed by atoms with Gasteiger partial charge in [-0.15, -0.1) is 11.3 Å². The first kappa shape index (κ1) is 28.2. The number of hydrazone groups is 1. The predicted molar refractivity (Wildman–Crippen MR) is 177 cm³/mol. The second kappa shape index (κ2) is 12.9. The van der Waals surface area contributed by atoms with E-state index in [1.54, 1.807) is 30.5 Å². The normalized spacial score (nSPS) is 11.1. The number of carbonyl (C=O) groups excluding carboxylic acids is 1. The fourth-order valence-electron chi connectivity index (χ4n) is 4.45. The number of hydrogen-bond donors (Lipinski definition) is 2. The highest BCUT2D eigenvalue weighted by Gasteiger charge is 2.09. The maximum Gasteiger partial charge on any atom is 0.271 e. The Morgan fingerprint density at radius 3 is 2.51 bits per heavy atom. The van der Waals surface area contributed by atoms with Crippen molar-refractivity contribution >= 4 is 56.7 Å². The number of carbonyl (C=O) groups is 1. The van der Waals surface area contributed by atoms with Crippen molar-refractivity contribution < 1.29 is 9.53 Å². The summed E-state index contributed by atoms with van der Waals surface area (Å²) in [5, 5.41) is 13.0. The van der Waals surface area contributed by atoms with Crippen LogP contribution in [0.4, 0.5) is 10.8 Å². The summed E-state index contributed by atoms with van der Waals surface area (Å²) in [6.07, 6.45) is 1.54. The average Bonchev–Trinajstić information content (AvgIpc) is 3.50. The topological polar surface area (TPSA) is 75.6 Å². The smallest absolute Gasteiger partial charge is 0.271 e. The van der Waals surface area contributed by atoms with Gasteiger partial charge in [-0.05, 0) is 77.4 Å². The fourth-order valence-corrected chi connectivity index (χ4v) is 5.43. The second-order valence-corrected chi connectivity index (χ2v) is 11.2. The van der Waals surface area contributed by atoms with Crippen molar-refractivity contribution in [2.45, 2.75) is 13.5 Å². The van der Waals surface area contributed by atoms with Crippen LogP contribution in [0.3, 0.4) is 0 Å². The molecule has 2 N–H and O–H groups in total. The first-order valence-corrected chi connectivity index (χ1v) is 14.9. The van der Waals surface area contributed by atoms with Crippen LogP contribution in [0.15, 0.2) is 120 Å². The van der Waals surface area contributed by atoms with Gasteiger partial charge >= 0.3 is 0 Å². The van der Waals surface area contributed by atoms with Crippen LogP contribution in [-0.2, 0) is 6.61 Å². The number of nitrogens with zero attached hydrogens (tertiary/aromatic N) is 2. The number of fused-ring (bicyclic) bond motifs is 1. The molecule has 0 saturated carbocycles. The largest absolute Gasteiger partial charge is 0.487 e. The van der Waals surface area contributed by atoms with Gasteiger partial charge in [0.05, 0.1) is 16.9 Å². The van der Waals surface area contributed by atoms with Crippen LogP contribution >= 0.6 is 22.9 Å². The summed E-state index contributed by atoms with van der Waals surface area (Å²) in [4.78, 5) is 17.3. The quantitative estimate of drug-likeness (QED) is 0.128. The number of aromatic nitrogens is 1. The van der Waals surface area contributed by atoms with E-state index in [9.17, 15) is 4.79 Å². The second-order valence-electron chi connectivity index (χ2n) is 9.97. The lowest BCUT2D eigenvalue weighted by Gasteiger charge is -2.09. The zero-order valence-corrected chi connectivity index (χ0v) is 24.8. The molecule has 212 valence electrons. The molecule has 1 heterocycles. The number of nitrogens with one attached hydrogen (secondary N) is 2. The molecule has 0 radical (unpaired) electrons. The van der Waals surface area contributed by atoms with E-state index in [4.69, 9.17) is 16.3 Å². The molecule has 0 spiro atoms. The summed E-state index contributed by atoms with van der Waals surface area (Å²) in [5.74, 6) is 0.263. The molecule has 1 amide bonds. The third kappa shape index (κ3) is 7.09. The van der Waals surface area contributed by atoms with Crippen LogP contribution in [0.25, 0.3) is 22.0 Å². The molecule has 0 aliphatic carbocycles. The van der Waals surface area contributed by atoms with Gasteiger partial charge < -0.3 is 10.1 Å². The van der Waals surface area contributed by atoms with Crippen molar-refractivity contribution in [1.29, 1.82) is 0 Å². The predicted octanol–water partition coefficient (Wildman–Crippen LogP) is 9.01. The summed E-state index contributed by atoms with van der Waals surface area (Å²) in [7, 11) is 0. The summed E-state index contributed by atoms with van der Waals surface area (Å²) in [6, 6.07) is 35.3. The molecule has 0 fully saturated rings. The van der Waals surface area contributed by atoms with E-state index in [0.29, 0.717) is 22.9 Å². The number of amides is 1. The molecule has 0 saturated heterocycles. The van der Waals surface area contributed by atoms with E-state index in [2.05, 4.69) is 64.1 Å². The summed E-state index contributed by atoms with van der Waals surface area (Å²) in [5.41, 5.74) is 8.81. The zero-order chi connectivity index (χ0) is 29.6. The van der Waals surface area contributed by atoms with E-state index in [1.807, 2.05) is 53.9 Å². The number of benzene rings is 5. The minimum absolute atomic E-state index is 0.316. The number of aryl methyl sites for hydroxylation is 1. The molecule has 8 heteroatoms. The molecule has 0 bridgehead atoms. The monoisotopic (exact) mass is 602 g/mol. The Balaban J connectivity index is 1.02. The van der Waals surface area contributed by atoms with Gasteiger partial charge in [-0.3, -0.25) is 4.79 Å². The van der Waals surface area contributed by atoms with E-state index in [1.165, 1.54) is 27.7 Å². The number of anilines is 2. The number of thiazole rings is 1. The van der Waals surface area contributed by atoms with E-state index < -0.39 is 0 Å². The Bertz CT molecular complexity index is 1920. The van der Waals surface area contributed by atoms with Gasteiger partial charge in [-0.2, -0.15) is 5.10 Å². The first-order chi connectivity index (χ1) is 21.0. The fraction of sp³-hybridized carbons (Fsp3) is 0.0571. The lowest BCUT2D eigenvalue weighted by atomic mass is 10.1. The molecule has 0 aliphatic rings. The molecule has 6 nitrogen and oxygen atoms in total. The minimum Gasteiger partial charge on any atom is -0.487 e. The number of halogens is 1. The third-order valence-corrected chi connectivity index (χ3v) is 7.85. The number of rotatable bonds is 9. The Kier molecular flexibility index (Phi) is 8.45. The molecule has 0 aliphatic heterocycles. The molecular weight excluding hydrogens is 576 g/mol. The van der Waals surface area contributed by atoms with Crippen molar-refractivity contribution in [3.05, 3.63) is 142 Å². The van der Waals surface area contributed by atoms with Gasteiger partial charge in [0, 0.05) is 22.2 Å². The molecule has 6 rings (SSSR count). The Morgan fingerprint density at radius 1 is 0.930 bits per heavy atom.